The van der Waals surface area contributed by atoms with Crippen LogP contribution in [-0.2, 0) is 9.53 Å². The number of ether oxygens (including phenoxy) is 1. The van der Waals surface area contributed by atoms with Crippen LogP contribution in [0.25, 0.3) is 0 Å². The highest BCUT2D eigenvalue weighted by atomic mass is 16.5. The molecule has 1 saturated carbocycles. The summed E-state index contributed by atoms with van der Waals surface area (Å²) in [5.74, 6) is 1.49. The van der Waals surface area contributed by atoms with Crippen LogP contribution in [-0.4, -0.2) is 12.6 Å². The van der Waals surface area contributed by atoms with Gasteiger partial charge in [-0.05, 0) is 18.3 Å². The fraction of sp³-hybridized carbons (Fsp3) is 0.800. The monoisotopic (exact) mass is 238 g/mol. The summed E-state index contributed by atoms with van der Waals surface area (Å²) in [6.45, 7) is 6.13. The van der Waals surface area contributed by atoms with Crippen molar-refractivity contribution in [2.24, 2.45) is 11.8 Å². The average molecular weight is 238 g/mol. The van der Waals surface area contributed by atoms with Crippen LogP contribution in [0.3, 0.4) is 0 Å². The first-order valence-corrected chi connectivity index (χ1v) is 7.04. The van der Waals surface area contributed by atoms with E-state index in [0.29, 0.717) is 18.9 Å². The summed E-state index contributed by atoms with van der Waals surface area (Å²) in [4.78, 5) is 11.4. The molecule has 2 nitrogen and oxygen atoms in total. The quantitative estimate of drug-likeness (QED) is 0.493. The van der Waals surface area contributed by atoms with Crippen molar-refractivity contribution in [1.82, 2.24) is 0 Å². The zero-order valence-electron chi connectivity index (χ0n) is 11.1. The van der Waals surface area contributed by atoms with Crippen LogP contribution >= 0.6 is 0 Å². The highest BCUT2D eigenvalue weighted by molar-refractivity contribution is 5.69. The molecule has 17 heavy (non-hydrogen) atoms. The molecule has 0 aliphatic heterocycles. The van der Waals surface area contributed by atoms with Crippen molar-refractivity contribution in [2.75, 3.05) is 6.61 Å². The van der Waals surface area contributed by atoms with Gasteiger partial charge in [-0.15, -0.1) is 0 Å². The molecule has 0 aromatic heterocycles. The summed E-state index contributed by atoms with van der Waals surface area (Å²) in [5, 5.41) is 0. The molecule has 1 fully saturated rings. The minimum Gasteiger partial charge on any atom is -0.461 e. The minimum absolute atomic E-state index is 0.0702. The minimum atomic E-state index is -0.0702. The van der Waals surface area contributed by atoms with Crippen LogP contribution in [0.4, 0.5) is 0 Å². The van der Waals surface area contributed by atoms with Crippen molar-refractivity contribution < 1.29 is 9.53 Å². The van der Waals surface area contributed by atoms with Crippen LogP contribution in [0.15, 0.2) is 12.7 Å². The van der Waals surface area contributed by atoms with E-state index in [2.05, 4.69) is 13.5 Å². The SMILES string of the molecule is C=CCOC(=O)CCC(CC)C1CCCCC1. The number of hydrogen-bond acceptors (Lipinski definition) is 2. The maximum absolute atomic E-state index is 11.4. The Labute approximate surface area is 105 Å². The smallest absolute Gasteiger partial charge is 0.306 e. The topological polar surface area (TPSA) is 26.3 Å². The second-order valence-electron chi connectivity index (χ2n) is 5.08. The molecular weight excluding hydrogens is 212 g/mol. The van der Waals surface area contributed by atoms with Gasteiger partial charge in [-0.2, -0.15) is 0 Å². The Bertz CT molecular complexity index is 229. The second-order valence-corrected chi connectivity index (χ2v) is 5.08. The van der Waals surface area contributed by atoms with Crippen LogP contribution in [0.1, 0.15) is 58.3 Å². The number of carbonyl (C=O) groups is 1. The molecule has 1 unspecified atom stereocenters. The van der Waals surface area contributed by atoms with E-state index in [4.69, 9.17) is 4.74 Å². The Morgan fingerprint density at radius 3 is 2.71 bits per heavy atom. The first-order valence-electron chi connectivity index (χ1n) is 7.04. The maximum atomic E-state index is 11.4. The standard InChI is InChI=1S/C15H26O2/c1-3-12-17-15(16)11-10-13(4-2)14-8-6-5-7-9-14/h3,13-14H,1,4-12H2,2H3. The molecule has 0 aromatic rings. The maximum Gasteiger partial charge on any atom is 0.306 e. The van der Waals surface area contributed by atoms with Gasteiger partial charge in [-0.3, -0.25) is 4.79 Å². The highest BCUT2D eigenvalue weighted by Crippen LogP contribution is 2.34. The van der Waals surface area contributed by atoms with E-state index in [1.165, 1.54) is 38.5 Å². The van der Waals surface area contributed by atoms with E-state index in [0.717, 1.165) is 12.3 Å². The third-order valence-corrected chi connectivity index (χ3v) is 3.92. The predicted octanol–water partition coefficient (Wildman–Crippen LogP) is 4.10. The lowest BCUT2D eigenvalue weighted by Crippen LogP contribution is -2.19. The number of rotatable bonds is 7. The van der Waals surface area contributed by atoms with Crippen LogP contribution in [0.5, 0.6) is 0 Å². The molecule has 1 aliphatic carbocycles. The first-order chi connectivity index (χ1) is 8.27. The number of esters is 1. The van der Waals surface area contributed by atoms with Crippen LogP contribution in [0.2, 0.25) is 0 Å². The summed E-state index contributed by atoms with van der Waals surface area (Å²) >= 11 is 0. The van der Waals surface area contributed by atoms with Crippen molar-refractivity contribution in [3.63, 3.8) is 0 Å². The zero-order valence-corrected chi connectivity index (χ0v) is 11.1. The zero-order chi connectivity index (χ0) is 12.5. The van der Waals surface area contributed by atoms with E-state index in [1.54, 1.807) is 6.08 Å². The summed E-state index contributed by atoms with van der Waals surface area (Å²) < 4.78 is 5.02. The van der Waals surface area contributed by atoms with Crippen molar-refractivity contribution >= 4 is 5.97 Å². The molecule has 0 radical (unpaired) electrons. The predicted molar refractivity (Wildman–Crippen MR) is 70.7 cm³/mol. The van der Waals surface area contributed by atoms with Crippen molar-refractivity contribution in [1.29, 1.82) is 0 Å². The summed E-state index contributed by atoms with van der Waals surface area (Å²) in [7, 11) is 0. The van der Waals surface area contributed by atoms with Gasteiger partial charge in [0.15, 0.2) is 0 Å². The van der Waals surface area contributed by atoms with Crippen LogP contribution in [0, 0.1) is 11.8 Å². The van der Waals surface area contributed by atoms with Gasteiger partial charge in [0.2, 0.25) is 0 Å². The molecule has 0 aromatic carbocycles. The third-order valence-electron chi connectivity index (χ3n) is 3.92. The molecule has 0 N–H and O–H groups in total. The van der Waals surface area contributed by atoms with Crippen molar-refractivity contribution in [2.45, 2.75) is 58.3 Å². The Kier molecular flexibility index (Phi) is 6.99. The van der Waals surface area contributed by atoms with E-state index in [9.17, 15) is 4.79 Å². The molecule has 1 aliphatic rings. The number of hydrogen-bond donors (Lipinski definition) is 0. The molecule has 0 heterocycles. The molecule has 2 heteroatoms. The fourth-order valence-corrected chi connectivity index (χ4v) is 2.91. The highest BCUT2D eigenvalue weighted by Gasteiger charge is 2.22. The molecule has 0 saturated heterocycles. The van der Waals surface area contributed by atoms with Crippen molar-refractivity contribution in [3.8, 4) is 0 Å². The van der Waals surface area contributed by atoms with Crippen LogP contribution < -0.4 is 0 Å². The van der Waals surface area contributed by atoms with E-state index >= 15 is 0 Å². The van der Waals surface area contributed by atoms with Gasteiger partial charge in [0, 0.05) is 6.42 Å². The Morgan fingerprint density at radius 1 is 1.41 bits per heavy atom. The van der Waals surface area contributed by atoms with E-state index in [1.807, 2.05) is 0 Å². The molecular formula is C15H26O2. The Hall–Kier alpha value is -0.790. The lowest BCUT2D eigenvalue weighted by molar-refractivity contribution is -0.142. The normalized spacial score (nSPS) is 18.6. The van der Waals surface area contributed by atoms with Gasteiger partial charge in [0.05, 0.1) is 0 Å². The molecule has 98 valence electrons. The summed E-state index contributed by atoms with van der Waals surface area (Å²) in [6, 6.07) is 0. The van der Waals surface area contributed by atoms with Gasteiger partial charge < -0.3 is 4.74 Å². The average Bonchev–Trinajstić information content (AvgIpc) is 2.38. The van der Waals surface area contributed by atoms with E-state index < -0.39 is 0 Å². The van der Waals surface area contributed by atoms with Gasteiger partial charge in [-0.25, -0.2) is 0 Å². The van der Waals surface area contributed by atoms with Gasteiger partial charge in [0.1, 0.15) is 6.61 Å². The fourth-order valence-electron chi connectivity index (χ4n) is 2.91. The largest absolute Gasteiger partial charge is 0.461 e. The second kappa shape index (κ2) is 8.32. The molecule has 1 atom stereocenters. The lowest BCUT2D eigenvalue weighted by atomic mass is 9.77. The molecule has 0 amide bonds. The summed E-state index contributed by atoms with van der Waals surface area (Å²) in [6.07, 6.45) is 11.3. The number of carbonyl (C=O) groups excluding carboxylic acids is 1. The van der Waals surface area contributed by atoms with Gasteiger partial charge >= 0.3 is 5.97 Å². The molecule has 0 spiro atoms. The van der Waals surface area contributed by atoms with Gasteiger partial charge in [0.25, 0.3) is 0 Å². The Balaban J connectivity index is 2.25. The molecule has 0 bridgehead atoms. The summed E-state index contributed by atoms with van der Waals surface area (Å²) in [5.41, 5.74) is 0. The van der Waals surface area contributed by atoms with Gasteiger partial charge in [-0.1, -0.05) is 58.1 Å². The third kappa shape index (κ3) is 5.38. The van der Waals surface area contributed by atoms with E-state index in [-0.39, 0.29) is 5.97 Å². The molecule has 1 rings (SSSR count). The van der Waals surface area contributed by atoms with Crippen molar-refractivity contribution in [3.05, 3.63) is 12.7 Å². The Morgan fingerprint density at radius 2 is 2.12 bits per heavy atom. The lowest BCUT2D eigenvalue weighted by Gasteiger charge is -2.29. The first kappa shape index (κ1) is 14.3.